The highest BCUT2D eigenvalue weighted by Crippen LogP contribution is 2.44. The van der Waals surface area contributed by atoms with Crippen molar-refractivity contribution in [2.75, 3.05) is 20.3 Å². The molecule has 41 heavy (non-hydrogen) atoms. The first-order chi connectivity index (χ1) is 19.8. The summed E-state index contributed by atoms with van der Waals surface area (Å²) in [7, 11) is -5.95. The average Bonchev–Trinajstić information content (AvgIpc) is 3.41. The monoisotopic (exact) mass is 628 g/mol. The van der Waals surface area contributed by atoms with Crippen LogP contribution in [0.25, 0.3) is 0 Å². The van der Waals surface area contributed by atoms with Gasteiger partial charge in [-0.05, 0) is 76.8 Å². The van der Waals surface area contributed by atoms with Gasteiger partial charge in [0.05, 0.1) is 5.25 Å². The van der Waals surface area contributed by atoms with Crippen molar-refractivity contribution in [1.29, 1.82) is 0 Å². The zero-order valence-corrected chi connectivity index (χ0v) is 27.8. The Labute approximate surface area is 253 Å². The van der Waals surface area contributed by atoms with Crippen LogP contribution in [0.1, 0.15) is 122 Å². The fourth-order valence-electron chi connectivity index (χ4n) is 5.04. The topological polar surface area (TPSA) is 102 Å². The van der Waals surface area contributed by atoms with Gasteiger partial charge in [-0.25, -0.2) is 8.42 Å². The molecule has 0 unspecified atom stereocenters. The van der Waals surface area contributed by atoms with E-state index < -0.39 is 25.1 Å². The van der Waals surface area contributed by atoms with Gasteiger partial charge < -0.3 is 10.1 Å². The van der Waals surface area contributed by atoms with Crippen molar-refractivity contribution in [2.24, 2.45) is 4.40 Å². The maximum atomic E-state index is 13.3. The summed E-state index contributed by atoms with van der Waals surface area (Å²) >= 11 is 0.841. The van der Waals surface area contributed by atoms with Gasteiger partial charge in [-0.3, -0.25) is 0 Å². The second-order valence-electron chi connectivity index (χ2n) is 10.7. The lowest BCUT2D eigenvalue weighted by molar-refractivity contribution is 0.191. The number of methoxy groups -OCH3 is 1. The zero-order chi connectivity index (χ0) is 30.0. The first-order valence-corrected chi connectivity index (χ1v) is 19.3. The molecule has 1 aromatic rings. The molecule has 1 aromatic heterocycles. The third-order valence-electron chi connectivity index (χ3n) is 7.35. The van der Waals surface area contributed by atoms with Gasteiger partial charge in [-0.2, -0.15) is 12.8 Å². The Kier molecular flexibility index (Phi) is 17.3. The van der Waals surface area contributed by atoms with Crippen LogP contribution in [0.4, 0.5) is 0 Å². The Balaban J connectivity index is 1.77. The third-order valence-corrected chi connectivity index (χ3v) is 13.0. The molecule has 0 saturated carbocycles. The van der Waals surface area contributed by atoms with Crippen LogP contribution in [0.15, 0.2) is 43.2 Å². The fourth-order valence-corrected chi connectivity index (χ4v) is 10.3. The number of hydrogen-bond donors (Lipinski definition) is 1. The van der Waals surface area contributed by atoms with Gasteiger partial charge in [-0.1, -0.05) is 70.3 Å². The molecule has 0 amide bonds. The first-order valence-electron chi connectivity index (χ1n) is 15.5. The average molecular weight is 629 g/mol. The summed E-state index contributed by atoms with van der Waals surface area (Å²) in [6.07, 6.45) is 25.2. The third kappa shape index (κ3) is 12.4. The molecule has 0 fully saturated rings. The second kappa shape index (κ2) is 19.8. The summed E-state index contributed by atoms with van der Waals surface area (Å²) in [6.45, 7) is 5.35. The van der Waals surface area contributed by atoms with E-state index in [1.165, 1.54) is 50.8 Å². The molecule has 234 valence electrons. The Morgan fingerprint density at radius 2 is 1.63 bits per heavy atom. The standard InChI is InChI=1S/C31H52N2O5S3/c1-4-6-7-8-9-10-11-12-13-14-15-16-17-18-19-20-23-33-41(36,37)30-26-28-29(32-5-2)25-27(22-21-24-38-3)40(34,35)31(28)39-30/h9-10,12-13,23,26-27,29,32H,4-8,11,14-22,24-25H2,1-3H3/b10-9+,13-12+,33-23?/t27-,29-/m0/s1. The summed E-state index contributed by atoms with van der Waals surface area (Å²) in [5, 5.41) is 2.79. The molecule has 0 saturated heterocycles. The van der Waals surface area contributed by atoms with Crippen LogP contribution in [-0.2, 0) is 24.6 Å². The van der Waals surface area contributed by atoms with Crippen molar-refractivity contribution in [3.8, 4) is 0 Å². The number of hydrogen-bond acceptors (Lipinski definition) is 7. The van der Waals surface area contributed by atoms with Gasteiger partial charge in [-0.15, -0.1) is 11.3 Å². The number of nitrogens with zero attached hydrogens (tertiary/aromatic N) is 1. The SMILES string of the molecule is CCCCC/C=C/C/C=C/CCCCCCCC=NS(=O)(=O)c1cc2c(s1)S(=O)(=O)[C@@H](CCCOC)C[C@@H]2NCC. The molecular weight excluding hydrogens is 577 g/mol. The number of ether oxygens (including phenoxy) is 1. The summed E-state index contributed by atoms with van der Waals surface area (Å²) < 4.78 is 61.7. The van der Waals surface area contributed by atoms with E-state index in [-0.39, 0.29) is 14.5 Å². The number of sulfone groups is 1. The minimum atomic E-state index is -3.94. The second-order valence-corrected chi connectivity index (χ2v) is 16.1. The summed E-state index contributed by atoms with van der Waals surface area (Å²) in [6, 6.07) is 1.32. The largest absolute Gasteiger partial charge is 0.385 e. The molecule has 7 nitrogen and oxygen atoms in total. The molecule has 0 aromatic carbocycles. The molecule has 2 rings (SSSR count). The molecule has 1 N–H and O–H groups in total. The van der Waals surface area contributed by atoms with Crippen molar-refractivity contribution < 1.29 is 21.6 Å². The summed E-state index contributed by atoms with van der Waals surface area (Å²) in [5.41, 5.74) is 0.558. The quantitative estimate of drug-likeness (QED) is 0.0794. The van der Waals surface area contributed by atoms with Gasteiger partial charge in [0.25, 0.3) is 10.0 Å². The Morgan fingerprint density at radius 3 is 2.29 bits per heavy atom. The van der Waals surface area contributed by atoms with Crippen LogP contribution in [0.2, 0.25) is 0 Å². The van der Waals surface area contributed by atoms with Crippen molar-refractivity contribution in [3.63, 3.8) is 0 Å². The van der Waals surface area contributed by atoms with Crippen LogP contribution in [0.5, 0.6) is 0 Å². The van der Waals surface area contributed by atoms with Crippen molar-refractivity contribution in [3.05, 3.63) is 35.9 Å². The maximum absolute atomic E-state index is 13.3. The smallest absolute Gasteiger partial charge is 0.291 e. The van der Waals surface area contributed by atoms with E-state index in [1.807, 2.05) is 6.92 Å². The fraction of sp³-hybridized carbons (Fsp3) is 0.710. The molecular formula is C31H52N2O5S3. The molecule has 0 bridgehead atoms. The van der Waals surface area contributed by atoms with Gasteiger partial charge >= 0.3 is 0 Å². The van der Waals surface area contributed by atoms with E-state index in [0.717, 1.165) is 43.4 Å². The van der Waals surface area contributed by atoms with E-state index in [9.17, 15) is 16.8 Å². The molecule has 2 atom stereocenters. The van der Waals surface area contributed by atoms with Gasteiger partial charge in [0.2, 0.25) is 0 Å². The summed E-state index contributed by atoms with van der Waals surface area (Å²) in [5.74, 6) is 0. The Hall–Kier alpha value is -1.33. The van der Waals surface area contributed by atoms with E-state index in [1.54, 1.807) is 7.11 Å². The highest BCUT2D eigenvalue weighted by Gasteiger charge is 2.41. The zero-order valence-electron chi connectivity index (χ0n) is 25.4. The van der Waals surface area contributed by atoms with Crippen LogP contribution in [0.3, 0.4) is 0 Å². The number of rotatable bonds is 22. The minimum Gasteiger partial charge on any atom is -0.385 e. The highest BCUT2D eigenvalue weighted by atomic mass is 32.3. The van der Waals surface area contributed by atoms with Crippen LogP contribution >= 0.6 is 11.3 Å². The number of allylic oxidation sites excluding steroid dienone is 4. The predicted octanol–water partition coefficient (Wildman–Crippen LogP) is 7.94. The molecule has 10 heteroatoms. The minimum absolute atomic E-state index is 0.00260. The Bertz CT molecular complexity index is 1170. The van der Waals surface area contributed by atoms with Crippen LogP contribution < -0.4 is 5.32 Å². The number of unbranched alkanes of at least 4 members (excludes halogenated alkanes) is 9. The van der Waals surface area contributed by atoms with Crippen LogP contribution in [-0.4, -0.2) is 48.6 Å². The van der Waals surface area contributed by atoms with Gasteiger partial charge in [0.1, 0.15) is 8.42 Å². The number of nitrogens with one attached hydrogen (secondary N) is 1. The predicted molar refractivity (Wildman–Crippen MR) is 172 cm³/mol. The molecule has 2 heterocycles. The van der Waals surface area contributed by atoms with Gasteiger partial charge in [0, 0.05) is 31.5 Å². The number of fused-ring (bicyclic) bond motifs is 1. The van der Waals surface area contributed by atoms with E-state index in [4.69, 9.17) is 4.74 Å². The van der Waals surface area contributed by atoms with E-state index in [2.05, 4.69) is 40.9 Å². The molecule has 0 aliphatic carbocycles. The molecule has 1 aliphatic heterocycles. The lowest BCUT2D eigenvalue weighted by atomic mass is 10.0. The molecule has 0 radical (unpaired) electrons. The normalized spacial score (nSPS) is 19.1. The van der Waals surface area contributed by atoms with Gasteiger partial charge in [0.15, 0.2) is 9.84 Å². The summed E-state index contributed by atoms with van der Waals surface area (Å²) in [4.78, 5) is 0. The lowest BCUT2D eigenvalue weighted by Crippen LogP contribution is -2.35. The number of thiophene rings is 1. The molecule has 1 aliphatic rings. The number of sulfonamides is 1. The lowest BCUT2D eigenvalue weighted by Gasteiger charge is -2.29. The van der Waals surface area contributed by atoms with E-state index in [0.29, 0.717) is 44.4 Å². The molecule has 0 spiro atoms. The van der Waals surface area contributed by atoms with Crippen molar-refractivity contribution in [2.45, 2.75) is 130 Å². The Morgan fingerprint density at radius 1 is 0.976 bits per heavy atom. The van der Waals surface area contributed by atoms with Crippen molar-refractivity contribution >= 4 is 37.4 Å². The van der Waals surface area contributed by atoms with Crippen LogP contribution in [0, 0.1) is 0 Å². The van der Waals surface area contributed by atoms with E-state index >= 15 is 0 Å². The van der Waals surface area contributed by atoms with Crippen molar-refractivity contribution in [1.82, 2.24) is 5.32 Å². The highest BCUT2D eigenvalue weighted by molar-refractivity contribution is 7.96. The maximum Gasteiger partial charge on any atom is 0.291 e. The first kappa shape index (κ1) is 35.9.